The molecule has 1 atom stereocenters. The second kappa shape index (κ2) is 6.21. The molecule has 2 nitrogen and oxygen atoms in total. The minimum absolute atomic E-state index is 0.346. The molecule has 0 saturated heterocycles. The largest absolute Gasteiger partial charge is 0.496 e. The van der Waals surface area contributed by atoms with E-state index < -0.39 is 6.10 Å². The smallest absolute Gasteiger partial charge is 0.141 e. The van der Waals surface area contributed by atoms with Crippen LogP contribution in [0.15, 0.2) is 16.6 Å². The van der Waals surface area contributed by atoms with Crippen molar-refractivity contribution in [1.82, 2.24) is 0 Å². The highest BCUT2D eigenvalue weighted by Crippen LogP contribution is 2.32. The minimum Gasteiger partial charge on any atom is -0.496 e. The summed E-state index contributed by atoms with van der Waals surface area (Å²) in [7, 11) is 1.47. The Bertz CT molecular complexity index is 355. The first-order valence-corrected chi connectivity index (χ1v) is 6.10. The van der Waals surface area contributed by atoms with Crippen LogP contribution < -0.4 is 4.74 Å². The maximum Gasteiger partial charge on any atom is 0.141 e. The number of aliphatic hydroxyl groups excluding tert-OH is 1. The predicted molar refractivity (Wildman–Crippen MR) is 65.1 cm³/mol. The maximum absolute atomic E-state index is 13.3. The lowest BCUT2D eigenvalue weighted by Gasteiger charge is -2.15. The van der Waals surface area contributed by atoms with Gasteiger partial charge < -0.3 is 9.84 Å². The Kier molecular flexibility index (Phi) is 5.22. The molecule has 1 N–H and O–H groups in total. The molecule has 1 rings (SSSR count). The van der Waals surface area contributed by atoms with Crippen molar-refractivity contribution in [2.45, 2.75) is 32.3 Å². The highest BCUT2D eigenvalue weighted by Gasteiger charge is 2.15. The third-order valence-corrected chi connectivity index (χ3v) is 3.07. The van der Waals surface area contributed by atoms with E-state index in [0.29, 0.717) is 22.2 Å². The molecule has 1 aromatic rings. The van der Waals surface area contributed by atoms with Gasteiger partial charge in [-0.1, -0.05) is 19.8 Å². The second-order valence-corrected chi connectivity index (χ2v) is 4.52. The Morgan fingerprint density at radius 1 is 1.50 bits per heavy atom. The van der Waals surface area contributed by atoms with Gasteiger partial charge in [-0.05, 0) is 28.4 Å². The number of hydrogen-bond acceptors (Lipinski definition) is 2. The number of ether oxygens (including phenoxy) is 1. The zero-order valence-electron chi connectivity index (χ0n) is 9.46. The van der Waals surface area contributed by atoms with Crippen LogP contribution in [0, 0.1) is 5.82 Å². The van der Waals surface area contributed by atoms with Gasteiger partial charge in [0.05, 0.1) is 17.7 Å². The molecule has 0 bridgehead atoms. The fourth-order valence-electron chi connectivity index (χ4n) is 1.53. The number of unbranched alkanes of at least 4 members (excludes halogenated alkanes) is 1. The van der Waals surface area contributed by atoms with Gasteiger partial charge >= 0.3 is 0 Å². The molecule has 0 heterocycles. The molecule has 0 saturated carbocycles. The van der Waals surface area contributed by atoms with E-state index in [1.54, 1.807) is 6.07 Å². The van der Waals surface area contributed by atoms with Crippen LogP contribution in [0.4, 0.5) is 4.39 Å². The van der Waals surface area contributed by atoms with Gasteiger partial charge in [0.15, 0.2) is 0 Å². The summed E-state index contributed by atoms with van der Waals surface area (Å²) < 4.78 is 18.7. The normalized spacial score (nSPS) is 12.6. The van der Waals surface area contributed by atoms with Gasteiger partial charge in [0.25, 0.3) is 0 Å². The van der Waals surface area contributed by atoms with E-state index in [4.69, 9.17) is 4.74 Å². The maximum atomic E-state index is 13.3. The van der Waals surface area contributed by atoms with Crippen LogP contribution in [0.2, 0.25) is 0 Å². The lowest BCUT2D eigenvalue weighted by atomic mass is 10.0. The SMILES string of the molecule is CCCCC(O)c1cc(Br)c(F)cc1OC. The van der Waals surface area contributed by atoms with Crippen molar-refractivity contribution in [2.24, 2.45) is 0 Å². The van der Waals surface area contributed by atoms with Crippen LogP contribution in [0.5, 0.6) is 5.75 Å². The minimum atomic E-state index is -0.605. The Morgan fingerprint density at radius 3 is 2.75 bits per heavy atom. The average molecular weight is 291 g/mol. The summed E-state index contributed by atoms with van der Waals surface area (Å²) in [6.45, 7) is 2.06. The van der Waals surface area contributed by atoms with Gasteiger partial charge in [0.2, 0.25) is 0 Å². The number of aliphatic hydroxyl groups is 1. The number of rotatable bonds is 5. The van der Waals surface area contributed by atoms with Crippen molar-refractivity contribution >= 4 is 15.9 Å². The van der Waals surface area contributed by atoms with Gasteiger partial charge in [-0.2, -0.15) is 0 Å². The van der Waals surface area contributed by atoms with Crippen molar-refractivity contribution in [3.8, 4) is 5.75 Å². The molecule has 4 heteroatoms. The highest BCUT2D eigenvalue weighted by molar-refractivity contribution is 9.10. The summed E-state index contributed by atoms with van der Waals surface area (Å²) in [6.07, 6.45) is 2.00. The molecule has 0 aliphatic carbocycles. The molecule has 1 aromatic carbocycles. The van der Waals surface area contributed by atoms with Crippen LogP contribution in [0.1, 0.15) is 37.9 Å². The van der Waals surface area contributed by atoms with Gasteiger partial charge in [-0.3, -0.25) is 0 Å². The summed E-state index contributed by atoms with van der Waals surface area (Å²) in [5.41, 5.74) is 0.629. The molecule has 90 valence electrons. The molecule has 0 aromatic heterocycles. The first-order chi connectivity index (χ1) is 7.60. The van der Waals surface area contributed by atoms with Crippen molar-refractivity contribution in [3.63, 3.8) is 0 Å². The van der Waals surface area contributed by atoms with Crippen molar-refractivity contribution in [1.29, 1.82) is 0 Å². The van der Waals surface area contributed by atoms with Crippen LogP contribution in [0.25, 0.3) is 0 Å². The van der Waals surface area contributed by atoms with Gasteiger partial charge in [-0.25, -0.2) is 4.39 Å². The summed E-state index contributed by atoms with van der Waals surface area (Å²) in [4.78, 5) is 0. The van der Waals surface area contributed by atoms with Crippen LogP contribution in [-0.4, -0.2) is 12.2 Å². The molecule has 0 aliphatic heterocycles. The van der Waals surface area contributed by atoms with Crippen molar-refractivity contribution < 1.29 is 14.2 Å². The number of methoxy groups -OCH3 is 1. The quantitative estimate of drug-likeness (QED) is 0.893. The summed E-state index contributed by atoms with van der Waals surface area (Å²) in [6, 6.07) is 2.86. The van der Waals surface area contributed by atoms with Gasteiger partial charge in [0.1, 0.15) is 11.6 Å². The molecule has 0 aliphatic rings. The van der Waals surface area contributed by atoms with E-state index in [2.05, 4.69) is 22.9 Å². The molecular formula is C12H16BrFO2. The first kappa shape index (κ1) is 13.5. The molecule has 0 amide bonds. The van der Waals surface area contributed by atoms with Crippen LogP contribution >= 0.6 is 15.9 Å². The third-order valence-electron chi connectivity index (χ3n) is 2.46. The van der Waals surface area contributed by atoms with E-state index in [9.17, 15) is 9.50 Å². The standard InChI is InChI=1S/C12H16BrFO2/c1-3-4-5-11(15)8-6-9(13)10(14)7-12(8)16-2/h6-7,11,15H,3-5H2,1-2H3. The zero-order valence-corrected chi connectivity index (χ0v) is 11.1. The summed E-state index contributed by atoms with van der Waals surface area (Å²) >= 11 is 3.10. The number of halogens is 2. The fourth-order valence-corrected chi connectivity index (χ4v) is 1.90. The Morgan fingerprint density at radius 2 is 2.19 bits per heavy atom. The summed E-state index contributed by atoms with van der Waals surface area (Å²) in [5.74, 6) is 0.00703. The average Bonchev–Trinajstić information content (AvgIpc) is 2.28. The molecule has 0 spiro atoms. The highest BCUT2D eigenvalue weighted by atomic mass is 79.9. The van der Waals surface area contributed by atoms with E-state index in [-0.39, 0.29) is 5.82 Å². The van der Waals surface area contributed by atoms with Crippen LogP contribution in [-0.2, 0) is 0 Å². The van der Waals surface area contributed by atoms with E-state index in [1.807, 2.05) is 0 Å². The number of hydrogen-bond donors (Lipinski definition) is 1. The topological polar surface area (TPSA) is 29.5 Å². The zero-order chi connectivity index (χ0) is 12.1. The van der Waals surface area contributed by atoms with Crippen molar-refractivity contribution in [3.05, 3.63) is 28.0 Å². The fraction of sp³-hybridized carbons (Fsp3) is 0.500. The Labute approximate surface area is 104 Å². The van der Waals surface area contributed by atoms with E-state index >= 15 is 0 Å². The second-order valence-electron chi connectivity index (χ2n) is 3.67. The van der Waals surface area contributed by atoms with E-state index in [1.165, 1.54) is 13.2 Å². The van der Waals surface area contributed by atoms with Gasteiger partial charge in [0, 0.05) is 11.6 Å². The number of benzene rings is 1. The lowest BCUT2D eigenvalue weighted by Crippen LogP contribution is -2.01. The monoisotopic (exact) mass is 290 g/mol. The lowest BCUT2D eigenvalue weighted by molar-refractivity contribution is 0.160. The molecule has 16 heavy (non-hydrogen) atoms. The summed E-state index contributed by atoms with van der Waals surface area (Å²) in [5, 5.41) is 9.96. The molecular weight excluding hydrogens is 275 g/mol. The predicted octanol–water partition coefficient (Wildman–Crippen LogP) is 3.82. The molecule has 1 unspecified atom stereocenters. The van der Waals surface area contributed by atoms with Crippen molar-refractivity contribution in [2.75, 3.05) is 7.11 Å². The first-order valence-electron chi connectivity index (χ1n) is 5.31. The third kappa shape index (κ3) is 3.19. The molecule has 0 fully saturated rings. The Hall–Kier alpha value is -0.610. The van der Waals surface area contributed by atoms with E-state index in [0.717, 1.165) is 12.8 Å². The molecule has 0 radical (unpaired) electrons. The van der Waals surface area contributed by atoms with Crippen LogP contribution in [0.3, 0.4) is 0 Å². The Balaban J connectivity index is 2.96. The van der Waals surface area contributed by atoms with Gasteiger partial charge in [-0.15, -0.1) is 0 Å².